The zero-order valence-electron chi connectivity index (χ0n) is 10.9. The van der Waals surface area contributed by atoms with Crippen LogP contribution in [0, 0.1) is 0 Å². The minimum Gasteiger partial charge on any atom is -0.370 e. The summed E-state index contributed by atoms with van der Waals surface area (Å²) in [7, 11) is 0. The second-order valence-electron chi connectivity index (χ2n) is 4.86. The van der Waals surface area contributed by atoms with E-state index >= 15 is 0 Å². The molecule has 2 nitrogen and oxygen atoms in total. The molecular weight excluding hydrogens is 234 g/mol. The Morgan fingerprint density at radius 3 is 2.76 bits per heavy atom. The van der Waals surface area contributed by atoms with Crippen molar-refractivity contribution in [1.29, 1.82) is 0 Å². The molecule has 3 heteroatoms. The van der Waals surface area contributed by atoms with Gasteiger partial charge in [-0.2, -0.15) is 0 Å². The Morgan fingerprint density at radius 1 is 1.35 bits per heavy atom. The highest BCUT2D eigenvalue weighted by Gasteiger charge is 2.17. The SMILES string of the molecule is CCCNCC(C)(C)OCc1cccc(Cl)c1. The Morgan fingerprint density at radius 2 is 2.12 bits per heavy atom. The number of hydrogen-bond donors (Lipinski definition) is 1. The maximum absolute atomic E-state index is 5.93. The first-order valence-electron chi connectivity index (χ1n) is 6.12. The number of nitrogens with one attached hydrogen (secondary N) is 1. The number of ether oxygens (including phenoxy) is 1. The van der Waals surface area contributed by atoms with Gasteiger partial charge in [0.15, 0.2) is 0 Å². The molecule has 1 aromatic carbocycles. The number of hydrogen-bond acceptors (Lipinski definition) is 2. The predicted octanol–water partition coefficient (Wildman–Crippen LogP) is 3.63. The fraction of sp³-hybridized carbons (Fsp3) is 0.571. The lowest BCUT2D eigenvalue weighted by atomic mass is 10.1. The lowest BCUT2D eigenvalue weighted by molar-refractivity contribution is -0.0277. The Hall–Kier alpha value is -0.570. The van der Waals surface area contributed by atoms with Gasteiger partial charge in [-0.3, -0.25) is 0 Å². The van der Waals surface area contributed by atoms with Crippen LogP contribution >= 0.6 is 11.6 Å². The van der Waals surface area contributed by atoms with Crippen molar-refractivity contribution in [1.82, 2.24) is 5.32 Å². The molecule has 96 valence electrons. The van der Waals surface area contributed by atoms with E-state index in [1.165, 1.54) is 0 Å². The summed E-state index contributed by atoms with van der Waals surface area (Å²) in [6.45, 7) is 8.85. The van der Waals surface area contributed by atoms with Gasteiger partial charge in [-0.05, 0) is 44.5 Å². The predicted molar refractivity (Wildman–Crippen MR) is 73.5 cm³/mol. The van der Waals surface area contributed by atoms with Crippen molar-refractivity contribution in [2.24, 2.45) is 0 Å². The van der Waals surface area contributed by atoms with E-state index in [4.69, 9.17) is 16.3 Å². The number of halogens is 1. The van der Waals surface area contributed by atoms with Gasteiger partial charge in [0, 0.05) is 11.6 Å². The van der Waals surface area contributed by atoms with Crippen molar-refractivity contribution < 1.29 is 4.74 Å². The highest BCUT2D eigenvalue weighted by atomic mass is 35.5. The molecule has 0 spiro atoms. The van der Waals surface area contributed by atoms with Crippen LogP contribution in [0.25, 0.3) is 0 Å². The molecule has 1 aromatic rings. The molecule has 0 fully saturated rings. The van der Waals surface area contributed by atoms with Gasteiger partial charge in [0.2, 0.25) is 0 Å². The van der Waals surface area contributed by atoms with Gasteiger partial charge in [0.05, 0.1) is 12.2 Å². The van der Waals surface area contributed by atoms with Gasteiger partial charge < -0.3 is 10.1 Å². The van der Waals surface area contributed by atoms with Crippen LogP contribution in [0.4, 0.5) is 0 Å². The van der Waals surface area contributed by atoms with Crippen LogP contribution in [0.5, 0.6) is 0 Å². The van der Waals surface area contributed by atoms with Crippen molar-refractivity contribution >= 4 is 11.6 Å². The smallest absolute Gasteiger partial charge is 0.0754 e. The second kappa shape index (κ2) is 7.00. The normalized spacial score (nSPS) is 11.8. The molecule has 17 heavy (non-hydrogen) atoms. The van der Waals surface area contributed by atoms with Crippen molar-refractivity contribution in [3.05, 3.63) is 34.9 Å². The molecule has 0 radical (unpaired) electrons. The van der Waals surface area contributed by atoms with E-state index in [-0.39, 0.29) is 5.60 Å². The average molecular weight is 256 g/mol. The highest BCUT2D eigenvalue weighted by Crippen LogP contribution is 2.15. The first kappa shape index (κ1) is 14.5. The summed E-state index contributed by atoms with van der Waals surface area (Å²) in [5.74, 6) is 0. The maximum atomic E-state index is 5.93. The van der Waals surface area contributed by atoms with Gasteiger partial charge >= 0.3 is 0 Å². The van der Waals surface area contributed by atoms with E-state index in [0.29, 0.717) is 6.61 Å². The summed E-state index contributed by atoms with van der Waals surface area (Å²) in [6.07, 6.45) is 1.14. The molecule has 0 heterocycles. The molecule has 0 aliphatic heterocycles. The third-order valence-electron chi connectivity index (χ3n) is 2.50. The largest absolute Gasteiger partial charge is 0.370 e. The molecule has 0 atom stereocenters. The average Bonchev–Trinajstić information content (AvgIpc) is 2.27. The van der Waals surface area contributed by atoms with Gasteiger partial charge in [0.1, 0.15) is 0 Å². The Balaban J connectivity index is 2.38. The number of benzene rings is 1. The first-order chi connectivity index (χ1) is 8.03. The topological polar surface area (TPSA) is 21.3 Å². The molecule has 0 aliphatic carbocycles. The minimum absolute atomic E-state index is 0.155. The van der Waals surface area contributed by atoms with Crippen LogP contribution in [0.3, 0.4) is 0 Å². The Kier molecular flexibility index (Phi) is 5.96. The molecule has 0 saturated heterocycles. The minimum atomic E-state index is -0.155. The maximum Gasteiger partial charge on any atom is 0.0754 e. The molecule has 0 bridgehead atoms. The van der Waals surface area contributed by atoms with Crippen molar-refractivity contribution in [2.45, 2.75) is 39.4 Å². The Bertz CT molecular complexity index is 339. The second-order valence-corrected chi connectivity index (χ2v) is 5.29. The zero-order chi connectivity index (χ0) is 12.7. The number of rotatable bonds is 7. The Labute approximate surface area is 109 Å². The van der Waals surface area contributed by atoms with Gasteiger partial charge in [-0.25, -0.2) is 0 Å². The van der Waals surface area contributed by atoms with Crippen molar-refractivity contribution in [2.75, 3.05) is 13.1 Å². The quantitative estimate of drug-likeness (QED) is 0.752. The third kappa shape index (κ3) is 6.06. The van der Waals surface area contributed by atoms with E-state index < -0.39 is 0 Å². The van der Waals surface area contributed by atoms with E-state index in [0.717, 1.165) is 30.1 Å². The summed E-state index contributed by atoms with van der Waals surface area (Å²) < 4.78 is 5.90. The molecule has 1 N–H and O–H groups in total. The van der Waals surface area contributed by atoms with Crippen molar-refractivity contribution in [3.63, 3.8) is 0 Å². The molecule has 0 amide bonds. The molecule has 1 rings (SSSR count). The molecule has 0 aliphatic rings. The van der Waals surface area contributed by atoms with Crippen molar-refractivity contribution in [3.8, 4) is 0 Å². The summed E-state index contributed by atoms with van der Waals surface area (Å²) in [4.78, 5) is 0. The lowest BCUT2D eigenvalue weighted by Gasteiger charge is -2.26. The van der Waals surface area contributed by atoms with E-state index in [1.807, 2.05) is 24.3 Å². The van der Waals surface area contributed by atoms with Crippen LogP contribution in [0.2, 0.25) is 5.02 Å². The standard InChI is InChI=1S/C14H22ClNO/c1-4-8-16-11-14(2,3)17-10-12-6-5-7-13(15)9-12/h5-7,9,16H,4,8,10-11H2,1-3H3. The summed E-state index contributed by atoms with van der Waals surface area (Å²) in [5, 5.41) is 4.13. The van der Waals surface area contributed by atoms with Gasteiger partial charge in [-0.15, -0.1) is 0 Å². The van der Waals surface area contributed by atoms with Crippen LogP contribution in [0.1, 0.15) is 32.8 Å². The zero-order valence-corrected chi connectivity index (χ0v) is 11.7. The van der Waals surface area contributed by atoms with E-state index in [1.54, 1.807) is 0 Å². The van der Waals surface area contributed by atoms with Crippen LogP contribution in [-0.2, 0) is 11.3 Å². The van der Waals surface area contributed by atoms with Crippen LogP contribution < -0.4 is 5.32 Å². The monoisotopic (exact) mass is 255 g/mol. The van der Waals surface area contributed by atoms with Gasteiger partial charge in [-0.1, -0.05) is 30.7 Å². The lowest BCUT2D eigenvalue weighted by Crippen LogP contribution is -2.37. The van der Waals surface area contributed by atoms with Crippen LogP contribution in [-0.4, -0.2) is 18.7 Å². The molecular formula is C14H22ClNO. The highest BCUT2D eigenvalue weighted by molar-refractivity contribution is 6.30. The molecule has 0 unspecified atom stereocenters. The fourth-order valence-electron chi connectivity index (χ4n) is 1.52. The summed E-state index contributed by atoms with van der Waals surface area (Å²) >= 11 is 5.93. The summed E-state index contributed by atoms with van der Waals surface area (Å²) in [6, 6.07) is 7.79. The van der Waals surface area contributed by atoms with Crippen LogP contribution in [0.15, 0.2) is 24.3 Å². The molecule has 0 aromatic heterocycles. The summed E-state index contributed by atoms with van der Waals surface area (Å²) in [5.41, 5.74) is 0.957. The molecule has 0 saturated carbocycles. The third-order valence-corrected chi connectivity index (χ3v) is 2.73. The first-order valence-corrected chi connectivity index (χ1v) is 6.50. The fourth-order valence-corrected chi connectivity index (χ4v) is 1.74. The van der Waals surface area contributed by atoms with E-state index in [9.17, 15) is 0 Å². The van der Waals surface area contributed by atoms with E-state index in [2.05, 4.69) is 26.1 Å². The van der Waals surface area contributed by atoms with Gasteiger partial charge in [0.25, 0.3) is 0 Å².